The minimum atomic E-state index is -3.60. The molecule has 0 aromatic heterocycles. The Morgan fingerprint density at radius 1 is 1.08 bits per heavy atom. The van der Waals surface area contributed by atoms with Gasteiger partial charge in [0.1, 0.15) is 11.6 Å². The van der Waals surface area contributed by atoms with Gasteiger partial charge in [-0.1, -0.05) is 24.3 Å². The van der Waals surface area contributed by atoms with Crippen molar-refractivity contribution >= 4 is 16.0 Å². The Bertz CT molecular complexity index is 834. The SMILES string of the molecule is CCS(=O)(=O)Oc1cccc(CN(Cc2ccc(F)cc2)C(C)=O)c1. The number of amides is 1. The van der Waals surface area contributed by atoms with Gasteiger partial charge in [-0.2, -0.15) is 8.42 Å². The summed E-state index contributed by atoms with van der Waals surface area (Å²) < 4.78 is 41.1. The quantitative estimate of drug-likeness (QED) is 0.707. The molecule has 0 aliphatic heterocycles. The summed E-state index contributed by atoms with van der Waals surface area (Å²) in [7, 11) is -3.60. The standard InChI is InChI=1S/C18H20FNO4S/c1-3-25(22,23)24-18-6-4-5-16(11-18)13-20(14(2)21)12-15-7-9-17(19)10-8-15/h4-11H,3,12-13H2,1-2H3. The summed E-state index contributed by atoms with van der Waals surface area (Å²) in [4.78, 5) is 13.5. The molecule has 0 saturated carbocycles. The molecule has 0 saturated heterocycles. The first-order valence-electron chi connectivity index (χ1n) is 7.80. The van der Waals surface area contributed by atoms with Gasteiger partial charge in [0.25, 0.3) is 0 Å². The molecule has 2 aromatic rings. The number of rotatable bonds is 7. The van der Waals surface area contributed by atoms with Gasteiger partial charge in [0.15, 0.2) is 0 Å². The van der Waals surface area contributed by atoms with Gasteiger partial charge >= 0.3 is 10.1 Å². The molecule has 0 unspecified atom stereocenters. The lowest BCUT2D eigenvalue weighted by Crippen LogP contribution is -2.27. The van der Waals surface area contributed by atoms with Crippen LogP contribution in [0.5, 0.6) is 5.75 Å². The van der Waals surface area contributed by atoms with Crippen molar-refractivity contribution in [3.8, 4) is 5.75 Å². The Morgan fingerprint density at radius 3 is 2.32 bits per heavy atom. The Morgan fingerprint density at radius 2 is 1.72 bits per heavy atom. The summed E-state index contributed by atoms with van der Waals surface area (Å²) in [6.45, 7) is 3.56. The molecule has 0 atom stereocenters. The molecule has 0 N–H and O–H groups in total. The summed E-state index contributed by atoms with van der Waals surface area (Å²) in [5.74, 6) is -0.386. The van der Waals surface area contributed by atoms with E-state index < -0.39 is 10.1 Å². The Balaban J connectivity index is 2.14. The smallest absolute Gasteiger partial charge is 0.308 e. The molecule has 5 nitrogen and oxygen atoms in total. The van der Waals surface area contributed by atoms with Crippen LogP contribution in [0.2, 0.25) is 0 Å². The van der Waals surface area contributed by atoms with Crippen molar-refractivity contribution in [1.82, 2.24) is 4.90 Å². The first-order chi connectivity index (χ1) is 11.8. The second kappa shape index (κ2) is 8.11. The van der Waals surface area contributed by atoms with E-state index in [1.54, 1.807) is 41.3 Å². The molecule has 0 aliphatic carbocycles. The van der Waals surface area contributed by atoms with Crippen LogP contribution in [0, 0.1) is 5.82 Å². The number of carbonyl (C=O) groups excluding carboxylic acids is 1. The molecule has 0 spiro atoms. The van der Waals surface area contributed by atoms with Gasteiger partial charge in [0.05, 0.1) is 5.75 Å². The molecule has 0 bridgehead atoms. The number of benzene rings is 2. The Labute approximate surface area is 147 Å². The topological polar surface area (TPSA) is 63.7 Å². The third kappa shape index (κ3) is 5.86. The van der Waals surface area contributed by atoms with Crippen LogP contribution < -0.4 is 4.18 Å². The van der Waals surface area contributed by atoms with Crippen molar-refractivity contribution in [1.29, 1.82) is 0 Å². The molecule has 0 aliphatic rings. The van der Waals surface area contributed by atoms with Crippen LogP contribution in [0.25, 0.3) is 0 Å². The summed E-state index contributed by atoms with van der Waals surface area (Å²) in [6.07, 6.45) is 0. The molecular formula is C18H20FNO4S. The fraction of sp³-hybridized carbons (Fsp3) is 0.278. The van der Waals surface area contributed by atoms with E-state index in [1.165, 1.54) is 26.0 Å². The van der Waals surface area contributed by atoms with Crippen LogP contribution in [0.3, 0.4) is 0 Å². The molecule has 0 radical (unpaired) electrons. The fourth-order valence-corrected chi connectivity index (χ4v) is 2.73. The van der Waals surface area contributed by atoms with E-state index in [-0.39, 0.29) is 29.8 Å². The number of hydrogen-bond acceptors (Lipinski definition) is 4. The van der Waals surface area contributed by atoms with E-state index in [1.807, 2.05) is 0 Å². The maximum atomic E-state index is 13.0. The van der Waals surface area contributed by atoms with Crippen molar-refractivity contribution in [2.24, 2.45) is 0 Å². The average molecular weight is 365 g/mol. The highest BCUT2D eigenvalue weighted by atomic mass is 32.2. The monoisotopic (exact) mass is 365 g/mol. The van der Waals surface area contributed by atoms with E-state index in [0.29, 0.717) is 6.54 Å². The van der Waals surface area contributed by atoms with E-state index in [4.69, 9.17) is 4.18 Å². The second-order valence-corrected chi connectivity index (χ2v) is 7.44. The number of hydrogen-bond donors (Lipinski definition) is 0. The van der Waals surface area contributed by atoms with E-state index in [2.05, 4.69) is 0 Å². The van der Waals surface area contributed by atoms with E-state index >= 15 is 0 Å². The van der Waals surface area contributed by atoms with Gasteiger partial charge < -0.3 is 9.08 Å². The molecule has 0 fully saturated rings. The van der Waals surface area contributed by atoms with Crippen LogP contribution >= 0.6 is 0 Å². The lowest BCUT2D eigenvalue weighted by molar-refractivity contribution is -0.130. The largest absolute Gasteiger partial charge is 0.382 e. The number of nitrogens with zero attached hydrogens (tertiary/aromatic N) is 1. The molecule has 134 valence electrons. The zero-order valence-electron chi connectivity index (χ0n) is 14.1. The minimum absolute atomic E-state index is 0.124. The van der Waals surface area contributed by atoms with Crippen molar-refractivity contribution in [2.75, 3.05) is 5.75 Å². The summed E-state index contributed by atoms with van der Waals surface area (Å²) in [5.41, 5.74) is 1.54. The van der Waals surface area contributed by atoms with Gasteiger partial charge in [-0.05, 0) is 42.3 Å². The van der Waals surface area contributed by atoms with Crippen LogP contribution in [-0.2, 0) is 28.0 Å². The molecule has 1 amide bonds. The van der Waals surface area contributed by atoms with Gasteiger partial charge in [0, 0.05) is 20.0 Å². The zero-order valence-corrected chi connectivity index (χ0v) is 14.9. The third-order valence-electron chi connectivity index (χ3n) is 3.58. The Hall–Kier alpha value is -2.41. The zero-order chi connectivity index (χ0) is 18.4. The average Bonchev–Trinajstić information content (AvgIpc) is 2.56. The van der Waals surface area contributed by atoms with Crippen molar-refractivity contribution in [2.45, 2.75) is 26.9 Å². The van der Waals surface area contributed by atoms with Crippen LogP contribution in [0.1, 0.15) is 25.0 Å². The summed E-state index contributed by atoms with van der Waals surface area (Å²) >= 11 is 0. The van der Waals surface area contributed by atoms with Crippen LogP contribution in [0.15, 0.2) is 48.5 Å². The maximum Gasteiger partial charge on any atom is 0.308 e. The van der Waals surface area contributed by atoms with Crippen LogP contribution in [0.4, 0.5) is 4.39 Å². The van der Waals surface area contributed by atoms with E-state index in [0.717, 1.165) is 11.1 Å². The lowest BCUT2D eigenvalue weighted by Gasteiger charge is -2.21. The number of carbonyl (C=O) groups is 1. The molecule has 25 heavy (non-hydrogen) atoms. The maximum absolute atomic E-state index is 13.0. The van der Waals surface area contributed by atoms with Gasteiger partial charge in [-0.3, -0.25) is 4.79 Å². The minimum Gasteiger partial charge on any atom is -0.382 e. The predicted molar refractivity (Wildman–Crippen MR) is 92.9 cm³/mol. The molecule has 7 heteroatoms. The predicted octanol–water partition coefficient (Wildman–Crippen LogP) is 3.10. The highest BCUT2D eigenvalue weighted by Gasteiger charge is 2.13. The van der Waals surface area contributed by atoms with Gasteiger partial charge in [-0.15, -0.1) is 0 Å². The Kier molecular flexibility index (Phi) is 6.14. The fourth-order valence-electron chi connectivity index (χ4n) is 2.21. The number of halogens is 1. The van der Waals surface area contributed by atoms with Crippen molar-refractivity contribution in [3.63, 3.8) is 0 Å². The first-order valence-corrected chi connectivity index (χ1v) is 9.38. The molecule has 2 rings (SSSR count). The van der Waals surface area contributed by atoms with Crippen molar-refractivity contribution in [3.05, 3.63) is 65.5 Å². The summed E-state index contributed by atoms with van der Waals surface area (Å²) in [6, 6.07) is 12.5. The molecule has 2 aromatic carbocycles. The second-order valence-electron chi connectivity index (χ2n) is 5.58. The first kappa shape index (κ1) is 18.9. The highest BCUT2D eigenvalue weighted by Crippen LogP contribution is 2.18. The van der Waals surface area contributed by atoms with Crippen LogP contribution in [-0.4, -0.2) is 25.0 Å². The summed E-state index contributed by atoms with van der Waals surface area (Å²) in [5, 5.41) is 0. The van der Waals surface area contributed by atoms with Gasteiger partial charge in [0.2, 0.25) is 5.91 Å². The highest BCUT2D eigenvalue weighted by molar-refractivity contribution is 7.87. The lowest BCUT2D eigenvalue weighted by atomic mass is 10.1. The van der Waals surface area contributed by atoms with Gasteiger partial charge in [-0.25, -0.2) is 4.39 Å². The normalized spacial score (nSPS) is 11.2. The third-order valence-corrected chi connectivity index (χ3v) is 4.73. The molecular weight excluding hydrogens is 345 g/mol. The van der Waals surface area contributed by atoms with Crippen molar-refractivity contribution < 1.29 is 21.8 Å². The molecule has 0 heterocycles. The van der Waals surface area contributed by atoms with E-state index in [9.17, 15) is 17.6 Å².